The van der Waals surface area contributed by atoms with Crippen LogP contribution in [0.3, 0.4) is 0 Å². The number of hydrogen-bond donors (Lipinski definition) is 1. The second-order valence-electron chi connectivity index (χ2n) is 5.16. The Balaban J connectivity index is 1.92. The molecule has 1 aromatic rings. The predicted molar refractivity (Wildman–Crippen MR) is 76.0 cm³/mol. The van der Waals surface area contributed by atoms with Crippen LogP contribution in [-0.4, -0.2) is 19.3 Å². The minimum absolute atomic E-state index is 0.117. The van der Waals surface area contributed by atoms with Gasteiger partial charge in [0.2, 0.25) is 0 Å². The summed E-state index contributed by atoms with van der Waals surface area (Å²) in [7, 11) is 0. The average molecular weight is 286 g/mol. The molecular formula is C15H21ClFNO. The van der Waals surface area contributed by atoms with Gasteiger partial charge in [0.05, 0.1) is 6.10 Å². The highest BCUT2D eigenvalue weighted by Gasteiger charge is 2.26. The summed E-state index contributed by atoms with van der Waals surface area (Å²) in [5.41, 5.74) is 0.940. The molecule has 19 heavy (non-hydrogen) atoms. The van der Waals surface area contributed by atoms with E-state index in [1.54, 1.807) is 6.07 Å². The highest BCUT2D eigenvalue weighted by atomic mass is 35.5. The van der Waals surface area contributed by atoms with E-state index in [1.165, 1.54) is 12.1 Å². The number of halogens is 2. The molecule has 0 spiro atoms. The van der Waals surface area contributed by atoms with Crippen molar-refractivity contribution >= 4 is 11.6 Å². The lowest BCUT2D eigenvalue weighted by molar-refractivity contribution is 0.0867. The molecule has 1 saturated heterocycles. The van der Waals surface area contributed by atoms with E-state index in [1.807, 2.05) is 0 Å². The van der Waals surface area contributed by atoms with Gasteiger partial charge >= 0.3 is 0 Å². The van der Waals surface area contributed by atoms with E-state index in [9.17, 15) is 4.39 Å². The molecule has 3 atom stereocenters. The average Bonchev–Trinajstić information content (AvgIpc) is 2.83. The molecule has 0 bridgehead atoms. The quantitative estimate of drug-likeness (QED) is 0.885. The third kappa shape index (κ3) is 3.68. The summed E-state index contributed by atoms with van der Waals surface area (Å²) in [5, 5.41) is 3.96. The molecule has 2 rings (SSSR count). The van der Waals surface area contributed by atoms with Gasteiger partial charge < -0.3 is 10.1 Å². The second-order valence-corrected chi connectivity index (χ2v) is 5.57. The predicted octanol–water partition coefficient (Wildman–Crippen LogP) is 3.94. The fraction of sp³-hybridized carbons (Fsp3) is 0.600. The van der Waals surface area contributed by atoms with Crippen molar-refractivity contribution in [2.75, 3.05) is 13.2 Å². The first kappa shape index (κ1) is 14.8. The number of ether oxygens (including phenoxy) is 1. The summed E-state index contributed by atoms with van der Waals surface area (Å²) in [6.07, 6.45) is 2.52. The lowest BCUT2D eigenvalue weighted by Gasteiger charge is -2.21. The summed E-state index contributed by atoms with van der Waals surface area (Å²) in [5.74, 6) is 0.267. The van der Waals surface area contributed by atoms with Crippen molar-refractivity contribution in [1.29, 1.82) is 0 Å². The van der Waals surface area contributed by atoms with Crippen molar-refractivity contribution < 1.29 is 9.13 Å². The largest absolute Gasteiger partial charge is 0.378 e. The highest BCUT2D eigenvalue weighted by molar-refractivity contribution is 6.31. The normalized spacial score (nSPS) is 24.6. The zero-order valence-electron chi connectivity index (χ0n) is 11.5. The monoisotopic (exact) mass is 285 g/mol. The van der Waals surface area contributed by atoms with Crippen molar-refractivity contribution in [2.24, 2.45) is 5.92 Å². The highest BCUT2D eigenvalue weighted by Crippen LogP contribution is 2.26. The van der Waals surface area contributed by atoms with E-state index in [0.29, 0.717) is 17.0 Å². The van der Waals surface area contributed by atoms with Crippen molar-refractivity contribution in [2.45, 2.75) is 38.8 Å². The van der Waals surface area contributed by atoms with Crippen LogP contribution in [0.5, 0.6) is 0 Å². The Morgan fingerprint density at radius 2 is 2.32 bits per heavy atom. The first-order chi connectivity index (χ1) is 9.11. The topological polar surface area (TPSA) is 21.3 Å². The molecule has 106 valence electrons. The summed E-state index contributed by atoms with van der Waals surface area (Å²) < 4.78 is 18.7. The molecule has 1 N–H and O–H groups in total. The molecule has 0 radical (unpaired) electrons. The minimum Gasteiger partial charge on any atom is -0.378 e. The van der Waals surface area contributed by atoms with Crippen LogP contribution in [-0.2, 0) is 4.74 Å². The molecule has 1 heterocycles. The Bertz CT molecular complexity index is 427. The maximum Gasteiger partial charge on any atom is 0.124 e. The molecule has 1 aromatic carbocycles. The van der Waals surface area contributed by atoms with Gasteiger partial charge in [0.1, 0.15) is 5.82 Å². The molecule has 0 amide bonds. The molecule has 4 heteroatoms. The number of benzene rings is 1. The number of nitrogens with one attached hydrogen (secondary N) is 1. The van der Waals surface area contributed by atoms with Crippen LogP contribution >= 0.6 is 11.6 Å². The number of hydrogen-bond acceptors (Lipinski definition) is 2. The lowest BCUT2D eigenvalue weighted by Crippen LogP contribution is -2.30. The maximum atomic E-state index is 13.0. The van der Waals surface area contributed by atoms with Crippen LogP contribution in [0.25, 0.3) is 0 Å². The van der Waals surface area contributed by atoms with E-state index in [4.69, 9.17) is 16.3 Å². The van der Waals surface area contributed by atoms with E-state index in [-0.39, 0.29) is 11.9 Å². The van der Waals surface area contributed by atoms with E-state index < -0.39 is 0 Å². The minimum atomic E-state index is -0.295. The fourth-order valence-corrected chi connectivity index (χ4v) is 3.00. The first-order valence-electron chi connectivity index (χ1n) is 6.91. The lowest BCUT2D eigenvalue weighted by atomic mass is 9.98. The van der Waals surface area contributed by atoms with Crippen LogP contribution in [0.4, 0.5) is 4.39 Å². The van der Waals surface area contributed by atoms with Crippen molar-refractivity contribution in [3.8, 4) is 0 Å². The molecule has 0 saturated carbocycles. The Morgan fingerprint density at radius 3 is 3.00 bits per heavy atom. The molecule has 3 unspecified atom stereocenters. The van der Waals surface area contributed by atoms with E-state index in [0.717, 1.165) is 31.6 Å². The molecule has 1 fully saturated rings. The first-order valence-corrected chi connectivity index (χ1v) is 7.29. The Kier molecular flexibility index (Phi) is 5.20. The SMILES string of the molecule is CCC1OCCC1CNC(C)c1ccc(F)cc1Cl. The third-order valence-corrected chi connectivity index (χ3v) is 4.19. The summed E-state index contributed by atoms with van der Waals surface area (Å²) >= 11 is 6.07. The zero-order chi connectivity index (χ0) is 13.8. The molecule has 1 aliphatic rings. The van der Waals surface area contributed by atoms with Crippen LogP contribution in [0.1, 0.15) is 38.3 Å². The van der Waals surface area contributed by atoms with E-state index >= 15 is 0 Å². The van der Waals surface area contributed by atoms with Crippen molar-refractivity contribution in [3.05, 3.63) is 34.6 Å². The van der Waals surface area contributed by atoms with Gasteiger partial charge in [-0.3, -0.25) is 0 Å². The summed E-state index contributed by atoms with van der Waals surface area (Å²) in [6, 6.07) is 4.68. The summed E-state index contributed by atoms with van der Waals surface area (Å²) in [6.45, 7) is 5.98. The van der Waals surface area contributed by atoms with Gasteiger partial charge in [-0.15, -0.1) is 0 Å². The van der Waals surface area contributed by atoms with Crippen molar-refractivity contribution in [3.63, 3.8) is 0 Å². The van der Waals surface area contributed by atoms with Gasteiger partial charge in [-0.25, -0.2) is 4.39 Å². The van der Waals surface area contributed by atoms with Crippen molar-refractivity contribution in [1.82, 2.24) is 5.32 Å². The Hall–Kier alpha value is -0.640. The fourth-order valence-electron chi connectivity index (χ4n) is 2.67. The van der Waals surface area contributed by atoms with Gasteiger partial charge in [0, 0.05) is 24.2 Å². The molecule has 0 aliphatic carbocycles. The third-order valence-electron chi connectivity index (χ3n) is 3.86. The smallest absolute Gasteiger partial charge is 0.124 e. The molecular weight excluding hydrogens is 265 g/mol. The number of rotatable bonds is 5. The van der Waals surface area contributed by atoms with Gasteiger partial charge in [0.15, 0.2) is 0 Å². The Labute approximate surface area is 119 Å². The van der Waals surface area contributed by atoms with Gasteiger partial charge in [-0.1, -0.05) is 24.6 Å². The van der Waals surface area contributed by atoms with Crippen LogP contribution in [0.15, 0.2) is 18.2 Å². The maximum absolute atomic E-state index is 13.0. The van der Waals surface area contributed by atoms with E-state index in [2.05, 4.69) is 19.2 Å². The Morgan fingerprint density at radius 1 is 1.53 bits per heavy atom. The standard InChI is InChI=1S/C15H21ClFNO/c1-3-15-11(6-7-19-15)9-18-10(2)13-5-4-12(17)8-14(13)16/h4-5,8,10-11,15,18H,3,6-7,9H2,1-2H3. The van der Waals surface area contributed by atoms with Crippen LogP contribution in [0.2, 0.25) is 5.02 Å². The molecule has 0 aromatic heterocycles. The zero-order valence-corrected chi connectivity index (χ0v) is 12.2. The van der Waals surface area contributed by atoms with Gasteiger partial charge in [-0.05, 0) is 43.4 Å². The van der Waals surface area contributed by atoms with Crippen LogP contribution in [0, 0.1) is 11.7 Å². The summed E-state index contributed by atoms with van der Waals surface area (Å²) in [4.78, 5) is 0. The molecule has 2 nitrogen and oxygen atoms in total. The van der Waals surface area contributed by atoms with Gasteiger partial charge in [0.25, 0.3) is 0 Å². The van der Waals surface area contributed by atoms with Gasteiger partial charge in [-0.2, -0.15) is 0 Å². The molecule has 1 aliphatic heterocycles. The second kappa shape index (κ2) is 6.69. The van der Waals surface area contributed by atoms with Crippen LogP contribution < -0.4 is 5.32 Å².